The van der Waals surface area contributed by atoms with Crippen LogP contribution >= 0.6 is 22.9 Å². The highest BCUT2D eigenvalue weighted by atomic mass is 35.5. The standard InChI is InChI=1S/C18H14ClN5O2S/c19-11-1-2-12-14(3-4-20-15(12)9-11)21-5-6-22-16(25)13-10-23-18-24(17(13)26)7-8-27-18/h1-4,7-10H,5-6H2,(H,20,21)(H,22,25). The molecule has 0 saturated heterocycles. The van der Waals surface area contributed by atoms with Crippen molar-refractivity contribution in [3.05, 3.63) is 69.2 Å². The molecule has 0 aliphatic rings. The van der Waals surface area contributed by atoms with Gasteiger partial charge in [0.2, 0.25) is 0 Å². The minimum Gasteiger partial charge on any atom is -0.383 e. The number of aromatic nitrogens is 3. The van der Waals surface area contributed by atoms with Gasteiger partial charge in [-0.25, -0.2) is 4.98 Å². The van der Waals surface area contributed by atoms with Crippen molar-refractivity contribution in [1.82, 2.24) is 19.7 Å². The van der Waals surface area contributed by atoms with Crippen molar-refractivity contribution in [2.24, 2.45) is 0 Å². The number of nitrogens with zero attached hydrogens (tertiary/aromatic N) is 3. The first kappa shape index (κ1) is 17.4. The molecule has 2 N–H and O–H groups in total. The van der Waals surface area contributed by atoms with Crippen LogP contribution in [0.5, 0.6) is 0 Å². The molecule has 4 rings (SSSR count). The lowest BCUT2D eigenvalue weighted by atomic mass is 10.2. The van der Waals surface area contributed by atoms with Gasteiger partial charge in [-0.3, -0.25) is 19.0 Å². The number of hydrogen-bond acceptors (Lipinski definition) is 6. The summed E-state index contributed by atoms with van der Waals surface area (Å²) in [6, 6.07) is 7.36. The van der Waals surface area contributed by atoms with Crippen LogP contribution in [-0.2, 0) is 0 Å². The van der Waals surface area contributed by atoms with Crippen LogP contribution in [-0.4, -0.2) is 33.4 Å². The van der Waals surface area contributed by atoms with Crippen LogP contribution in [0.4, 0.5) is 5.69 Å². The van der Waals surface area contributed by atoms with Crippen molar-refractivity contribution >= 4 is 50.4 Å². The predicted octanol–water partition coefficient (Wildman–Crippen LogP) is 2.80. The summed E-state index contributed by atoms with van der Waals surface area (Å²) in [4.78, 5) is 33.6. The molecule has 0 aliphatic heterocycles. The molecule has 0 saturated carbocycles. The predicted molar refractivity (Wildman–Crippen MR) is 107 cm³/mol. The number of fused-ring (bicyclic) bond motifs is 2. The number of nitrogens with one attached hydrogen (secondary N) is 2. The van der Waals surface area contributed by atoms with E-state index < -0.39 is 5.91 Å². The number of amides is 1. The van der Waals surface area contributed by atoms with Crippen LogP contribution in [0.25, 0.3) is 15.9 Å². The molecule has 3 heterocycles. The largest absolute Gasteiger partial charge is 0.383 e. The van der Waals surface area contributed by atoms with Crippen molar-refractivity contribution in [2.75, 3.05) is 18.4 Å². The van der Waals surface area contributed by atoms with E-state index in [-0.39, 0.29) is 11.1 Å². The van der Waals surface area contributed by atoms with Gasteiger partial charge in [-0.1, -0.05) is 11.6 Å². The highest BCUT2D eigenvalue weighted by molar-refractivity contribution is 7.15. The minimum absolute atomic E-state index is 0.0231. The first-order valence-electron chi connectivity index (χ1n) is 8.15. The van der Waals surface area contributed by atoms with E-state index >= 15 is 0 Å². The van der Waals surface area contributed by atoms with E-state index in [0.717, 1.165) is 16.6 Å². The first-order chi connectivity index (χ1) is 13.1. The number of rotatable bonds is 5. The summed E-state index contributed by atoms with van der Waals surface area (Å²) in [7, 11) is 0. The van der Waals surface area contributed by atoms with Crippen molar-refractivity contribution in [3.63, 3.8) is 0 Å². The van der Waals surface area contributed by atoms with Crippen molar-refractivity contribution in [1.29, 1.82) is 0 Å². The molecule has 1 amide bonds. The van der Waals surface area contributed by atoms with Gasteiger partial charge in [0, 0.05) is 53.2 Å². The Morgan fingerprint density at radius 3 is 3.00 bits per heavy atom. The van der Waals surface area contributed by atoms with E-state index in [4.69, 9.17) is 11.6 Å². The van der Waals surface area contributed by atoms with Gasteiger partial charge in [-0.15, -0.1) is 11.3 Å². The number of anilines is 1. The summed E-state index contributed by atoms with van der Waals surface area (Å²) in [5.41, 5.74) is 1.34. The van der Waals surface area contributed by atoms with Gasteiger partial charge in [0.25, 0.3) is 11.5 Å². The Labute approximate surface area is 162 Å². The number of carbonyl (C=O) groups excluding carboxylic acids is 1. The van der Waals surface area contributed by atoms with Crippen LogP contribution in [0.3, 0.4) is 0 Å². The molecule has 0 bridgehead atoms. The van der Waals surface area contributed by atoms with E-state index in [0.29, 0.717) is 23.1 Å². The van der Waals surface area contributed by atoms with Crippen LogP contribution in [0.1, 0.15) is 10.4 Å². The fourth-order valence-electron chi connectivity index (χ4n) is 2.72. The summed E-state index contributed by atoms with van der Waals surface area (Å²) in [5, 5.41) is 9.32. The molecule has 3 aromatic heterocycles. The van der Waals surface area contributed by atoms with E-state index in [2.05, 4.69) is 20.6 Å². The third-order valence-electron chi connectivity index (χ3n) is 4.02. The topological polar surface area (TPSA) is 88.4 Å². The second-order valence-electron chi connectivity index (χ2n) is 5.74. The highest BCUT2D eigenvalue weighted by Crippen LogP contribution is 2.24. The van der Waals surface area contributed by atoms with E-state index in [1.54, 1.807) is 29.9 Å². The Kier molecular flexibility index (Phi) is 4.74. The lowest BCUT2D eigenvalue weighted by Gasteiger charge is -2.10. The SMILES string of the molecule is O=C(NCCNc1ccnc2cc(Cl)ccc12)c1cnc2sccn2c1=O. The molecular weight excluding hydrogens is 386 g/mol. The molecule has 0 unspecified atom stereocenters. The summed E-state index contributed by atoms with van der Waals surface area (Å²) >= 11 is 7.33. The quantitative estimate of drug-likeness (QED) is 0.504. The van der Waals surface area contributed by atoms with Gasteiger partial charge in [-0.05, 0) is 24.3 Å². The lowest BCUT2D eigenvalue weighted by Crippen LogP contribution is -2.33. The van der Waals surface area contributed by atoms with Crippen LogP contribution < -0.4 is 16.2 Å². The van der Waals surface area contributed by atoms with Crippen molar-refractivity contribution in [2.45, 2.75) is 0 Å². The smallest absolute Gasteiger partial charge is 0.271 e. The molecule has 4 aromatic rings. The zero-order valence-electron chi connectivity index (χ0n) is 14.0. The molecule has 0 radical (unpaired) electrons. The van der Waals surface area contributed by atoms with E-state index in [1.165, 1.54) is 21.9 Å². The van der Waals surface area contributed by atoms with Gasteiger partial charge >= 0.3 is 0 Å². The molecule has 0 atom stereocenters. The highest BCUT2D eigenvalue weighted by Gasteiger charge is 2.13. The number of pyridine rings is 1. The molecule has 0 aliphatic carbocycles. The summed E-state index contributed by atoms with van der Waals surface area (Å²) in [5.74, 6) is -0.443. The third kappa shape index (κ3) is 3.49. The van der Waals surface area contributed by atoms with E-state index in [1.807, 2.05) is 12.1 Å². The zero-order chi connectivity index (χ0) is 18.8. The summed E-state index contributed by atoms with van der Waals surface area (Å²) in [6.45, 7) is 0.838. The Balaban J connectivity index is 1.41. The zero-order valence-corrected chi connectivity index (χ0v) is 15.5. The van der Waals surface area contributed by atoms with Gasteiger partial charge in [0.05, 0.1) is 5.52 Å². The number of carbonyl (C=O) groups is 1. The lowest BCUT2D eigenvalue weighted by molar-refractivity contribution is 0.0953. The number of thiazole rings is 1. The first-order valence-corrected chi connectivity index (χ1v) is 9.40. The Bertz CT molecular complexity index is 1200. The van der Waals surface area contributed by atoms with Crippen LogP contribution in [0.2, 0.25) is 5.02 Å². The molecular formula is C18H14ClN5O2S. The summed E-state index contributed by atoms with van der Waals surface area (Å²) in [6.07, 6.45) is 4.62. The normalized spacial score (nSPS) is 11.0. The maximum absolute atomic E-state index is 12.3. The average Bonchev–Trinajstić information content (AvgIpc) is 3.15. The third-order valence-corrected chi connectivity index (χ3v) is 5.02. The second-order valence-corrected chi connectivity index (χ2v) is 7.04. The van der Waals surface area contributed by atoms with Crippen LogP contribution in [0.15, 0.2) is 53.0 Å². The molecule has 0 fully saturated rings. The minimum atomic E-state index is -0.443. The summed E-state index contributed by atoms with van der Waals surface area (Å²) < 4.78 is 1.37. The average molecular weight is 400 g/mol. The van der Waals surface area contributed by atoms with E-state index in [9.17, 15) is 9.59 Å². The molecule has 136 valence electrons. The molecule has 7 nitrogen and oxygen atoms in total. The van der Waals surface area contributed by atoms with Crippen LogP contribution in [0, 0.1) is 0 Å². The second kappa shape index (κ2) is 7.34. The Hall–Kier alpha value is -2.97. The van der Waals surface area contributed by atoms with Gasteiger partial charge in [0.1, 0.15) is 5.56 Å². The molecule has 27 heavy (non-hydrogen) atoms. The monoisotopic (exact) mass is 399 g/mol. The maximum atomic E-state index is 12.3. The number of hydrogen-bond donors (Lipinski definition) is 2. The Morgan fingerprint density at radius 2 is 2.11 bits per heavy atom. The fraction of sp³-hybridized carbons (Fsp3) is 0.111. The number of halogens is 1. The van der Waals surface area contributed by atoms with Crippen molar-refractivity contribution in [3.8, 4) is 0 Å². The van der Waals surface area contributed by atoms with Gasteiger partial charge < -0.3 is 10.6 Å². The van der Waals surface area contributed by atoms with Gasteiger partial charge in [-0.2, -0.15) is 0 Å². The Morgan fingerprint density at radius 1 is 1.22 bits per heavy atom. The molecule has 0 spiro atoms. The van der Waals surface area contributed by atoms with Crippen molar-refractivity contribution < 1.29 is 4.79 Å². The molecule has 1 aromatic carbocycles. The fourth-order valence-corrected chi connectivity index (χ4v) is 3.57. The van der Waals surface area contributed by atoms with Gasteiger partial charge in [0.15, 0.2) is 4.96 Å². The number of benzene rings is 1. The maximum Gasteiger partial charge on any atom is 0.271 e. The molecule has 9 heteroatoms.